The van der Waals surface area contributed by atoms with Crippen LogP contribution in [-0.4, -0.2) is 56.6 Å². The van der Waals surface area contributed by atoms with Gasteiger partial charge in [0.05, 0.1) is 11.8 Å². The molecule has 0 fully saturated rings. The predicted molar refractivity (Wildman–Crippen MR) is 116 cm³/mol. The van der Waals surface area contributed by atoms with Gasteiger partial charge in [0, 0.05) is 32.2 Å². The van der Waals surface area contributed by atoms with Crippen molar-refractivity contribution in [1.29, 1.82) is 0 Å². The number of β-amino-alcohol motifs (C(OH)–C–C–N with tert-alkyl or cyclic N) is 1. The number of rotatable bonds is 8. The van der Waals surface area contributed by atoms with E-state index in [1.54, 1.807) is 0 Å². The molecular formula is C22H24ClN5O4. The van der Waals surface area contributed by atoms with Crippen molar-refractivity contribution in [3.63, 3.8) is 0 Å². The fourth-order valence-electron chi connectivity index (χ4n) is 3.57. The van der Waals surface area contributed by atoms with Crippen LogP contribution in [0.5, 0.6) is 5.75 Å². The smallest absolute Gasteiger partial charge is 0.270 e. The Hall–Kier alpha value is -3.01. The number of hydrogen-bond acceptors (Lipinski definition) is 8. The van der Waals surface area contributed by atoms with Crippen molar-refractivity contribution in [3.05, 3.63) is 70.4 Å². The lowest BCUT2D eigenvalue weighted by atomic mass is 9.99. The van der Waals surface area contributed by atoms with Crippen molar-refractivity contribution in [2.24, 2.45) is 0 Å². The van der Waals surface area contributed by atoms with E-state index < -0.39 is 12.0 Å². The molecule has 1 aromatic carbocycles. The highest BCUT2D eigenvalue weighted by Crippen LogP contribution is 2.25. The molecule has 0 aliphatic carbocycles. The second kappa shape index (κ2) is 10.1. The van der Waals surface area contributed by atoms with Crippen molar-refractivity contribution < 1.29 is 19.1 Å². The van der Waals surface area contributed by atoms with Crippen LogP contribution in [0, 0.1) is 6.92 Å². The number of amides is 1. The van der Waals surface area contributed by atoms with Crippen molar-refractivity contribution >= 4 is 17.5 Å². The number of carbonyl (C=O) groups is 1. The average molecular weight is 458 g/mol. The Morgan fingerprint density at radius 1 is 1.31 bits per heavy atom. The van der Waals surface area contributed by atoms with E-state index in [2.05, 4.69) is 37.3 Å². The molecule has 9 nitrogen and oxygen atoms in total. The Bertz CT molecular complexity index is 1090. The monoisotopic (exact) mass is 457 g/mol. The molecule has 1 atom stereocenters. The number of carbonyl (C=O) groups excluding carboxylic acids is 1. The van der Waals surface area contributed by atoms with Crippen LogP contribution in [0.2, 0.25) is 5.15 Å². The van der Waals surface area contributed by atoms with Crippen molar-refractivity contribution in [3.8, 4) is 5.75 Å². The Morgan fingerprint density at radius 3 is 2.97 bits per heavy atom. The van der Waals surface area contributed by atoms with E-state index in [1.165, 1.54) is 29.9 Å². The number of benzene rings is 1. The molecule has 1 aliphatic rings. The molecule has 3 heterocycles. The minimum Gasteiger partial charge on any atom is -0.486 e. The van der Waals surface area contributed by atoms with Gasteiger partial charge in [0.1, 0.15) is 29.5 Å². The molecule has 2 N–H and O–H groups in total. The van der Waals surface area contributed by atoms with Gasteiger partial charge in [0.25, 0.3) is 5.91 Å². The van der Waals surface area contributed by atoms with Crippen molar-refractivity contribution in [2.45, 2.75) is 32.6 Å². The van der Waals surface area contributed by atoms with Crippen LogP contribution in [0.3, 0.4) is 0 Å². The summed E-state index contributed by atoms with van der Waals surface area (Å²) in [6, 6.07) is 7.44. The molecule has 3 aromatic rings. The molecule has 0 bridgehead atoms. The zero-order valence-electron chi connectivity index (χ0n) is 17.6. The third-order valence-corrected chi connectivity index (χ3v) is 5.52. The molecule has 10 heteroatoms. The van der Waals surface area contributed by atoms with Crippen molar-refractivity contribution in [1.82, 2.24) is 25.2 Å². The number of ether oxygens (including phenoxy) is 1. The van der Waals surface area contributed by atoms with E-state index in [9.17, 15) is 9.90 Å². The first kappa shape index (κ1) is 22.2. The predicted octanol–water partition coefficient (Wildman–Crippen LogP) is 2.15. The number of aliphatic hydroxyl groups is 1. The summed E-state index contributed by atoms with van der Waals surface area (Å²) in [6.07, 6.45) is 2.79. The van der Waals surface area contributed by atoms with E-state index in [0.29, 0.717) is 13.2 Å². The summed E-state index contributed by atoms with van der Waals surface area (Å²) in [7, 11) is 0. The fraction of sp³-hybridized carbons (Fsp3) is 0.364. The molecule has 32 heavy (non-hydrogen) atoms. The van der Waals surface area contributed by atoms with Crippen molar-refractivity contribution in [2.75, 3.05) is 19.6 Å². The Labute approximate surface area is 190 Å². The number of hydrogen-bond donors (Lipinski definition) is 2. The summed E-state index contributed by atoms with van der Waals surface area (Å²) in [5, 5.41) is 13.2. The van der Waals surface area contributed by atoms with Gasteiger partial charge in [-0.3, -0.25) is 9.69 Å². The molecule has 1 amide bonds. The number of aliphatic hydroxyl groups excluding tert-OH is 1. The van der Waals surface area contributed by atoms with Crippen LogP contribution in [-0.2, 0) is 19.6 Å². The molecule has 0 spiro atoms. The highest BCUT2D eigenvalue weighted by Gasteiger charge is 2.20. The van der Waals surface area contributed by atoms with E-state index in [4.69, 9.17) is 20.8 Å². The third kappa shape index (κ3) is 5.61. The second-order valence-corrected chi connectivity index (χ2v) is 8.04. The molecule has 2 aromatic heterocycles. The first-order chi connectivity index (χ1) is 15.5. The first-order valence-corrected chi connectivity index (χ1v) is 10.7. The van der Waals surface area contributed by atoms with E-state index >= 15 is 0 Å². The summed E-state index contributed by atoms with van der Waals surface area (Å²) in [6.45, 7) is 4.34. The number of oxazole rings is 1. The number of aryl methyl sites for hydroxylation is 1. The van der Waals surface area contributed by atoms with Crippen LogP contribution in [0.4, 0.5) is 0 Å². The second-order valence-electron chi connectivity index (χ2n) is 7.66. The van der Waals surface area contributed by atoms with Gasteiger partial charge in [-0.15, -0.1) is 0 Å². The zero-order chi connectivity index (χ0) is 22.5. The lowest BCUT2D eigenvalue weighted by Crippen LogP contribution is -2.42. The standard InChI is InChI=1S/C22H24ClN5O4/c1-14-20(32-13-27-14)11-31-18-3-2-16-9-28(5-4-15(16)6-18)10-17(29)8-24-22(30)19-7-21(23)26-12-25-19/h2-3,6-7,12-13,17,29H,4-5,8-11H2,1H3,(H,24,30). The summed E-state index contributed by atoms with van der Waals surface area (Å²) in [5.74, 6) is 1.11. The minimum absolute atomic E-state index is 0.123. The van der Waals surface area contributed by atoms with Gasteiger partial charge in [-0.25, -0.2) is 15.0 Å². The molecule has 0 saturated carbocycles. The van der Waals surface area contributed by atoms with E-state index in [0.717, 1.165) is 36.7 Å². The third-order valence-electron chi connectivity index (χ3n) is 5.32. The lowest BCUT2D eigenvalue weighted by Gasteiger charge is -2.30. The number of nitrogens with zero attached hydrogens (tertiary/aromatic N) is 4. The van der Waals surface area contributed by atoms with Crippen LogP contribution in [0.25, 0.3) is 0 Å². The Morgan fingerprint density at radius 2 is 2.19 bits per heavy atom. The van der Waals surface area contributed by atoms with Gasteiger partial charge in [-0.05, 0) is 36.6 Å². The lowest BCUT2D eigenvalue weighted by molar-refractivity contribution is 0.0838. The number of aromatic nitrogens is 3. The summed E-state index contributed by atoms with van der Waals surface area (Å²) in [4.78, 5) is 26.0. The molecule has 0 radical (unpaired) electrons. The first-order valence-electron chi connectivity index (χ1n) is 10.3. The van der Waals surface area contributed by atoms with Gasteiger partial charge < -0.3 is 19.6 Å². The molecule has 168 valence electrons. The summed E-state index contributed by atoms with van der Waals surface area (Å²) >= 11 is 5.78. The Kier molecular flexibility index (Phi) is 6.99. The maximum atomic E-state index is 12.1. The van der Waals surface area contributed by atoms with Crippen LogP contribution < -0.4 is 10.1 Å². The van der Waals surface area contributed by atoms with Crippen LogP contribution >= 0.6 is 11.6 Å². The van der Waals surface area contributed by atoms with E-state index in [-0.39, 0.29) is 17.4 Å². The van der Waals surface area contributed by atoms with Gasteiger partial charge in [0.2, 0.25) is 0 Å². The Balaban J connectivity index is 1.25. The van der Waals surface area contributed by atoms with Gasteiger partial charge in [-0.1, -0.05) is 17.7 Å². The summed E-state index contributed by atoms with van der Waals surface area (Å²) < 4.78 is 11.2. The fourth-order valence-corrected chi connectivity index (χ4v) is 3.72. The molecule has 1 aliphatic heterocycles. The minimum atomic E-state index is -0.703. The topological polar surface area (TPSA) is 114 Å². The normalized spacial score (nSPS) is 14.6. The number of fused-ring (bicyclic) bond motifs is 1. The largest absolute Gasteiger partial charge is 0.486 e. The van der Waals surface area contributed by atoms with Crippen LogP contribution in [0.1, 0.15) is 33.1 Å². The molecule has 0 saturated heterocycles. The number of nitrogens with one attached hydrogen (secondary N) is 1. The van der Waals surface area contributed by atoms with Gasteiger partial charge >= 0.3 is 0 Å². The molecule has 4 rings (SSSR count). The quantitative estimate of drug-likeness (QED) is 0.495. The highest BCUT2D eigenvalue weighted by molar-refractivity contribution is 6.29. The number of halogens is 1. The van der Waals surface area contributed by atoms with E-state index in [1.807, 2.05) is 13.0 Å². The molecule has 1 unspecified atom stereocenters. The van der Waals surface area contributed by atoms with Gasteiger partial charge in [-0.2, -0.15) is 0 Å². The van der Waals surface area contributed by atoms with Gasteiger partial charge in [0.15, 0.2) is 12.2 Å². The maximum absolute atomic E-state index is 12.1. The summed E-state index contributed by atoms with van der Waals surface area (Å²) in [5.41, 5.74) is 3.43. The molecular weight excluding hydrogens is 434 g/mol. The SMILES string of the molecule is Cc1ncoc1COc1ccc2c(c1)CCN(CC(O)CNC(=O)c1cc(Cl)ncn1)C2. The maximum Gasteiger partial charge on any atom is 0.270 e. The highest BCUT2D eigenvalue weighted by atomic mass is 35.5. The van der Waals surface area contributed by atoms with Crippen LogP contribution in [0.15, 0.2) is 41.4 Å². The zero-order valence-corrected chi connectivity index (χ0v) is 18.4. The average Bonchev–Trinajstić information content (AvgIpc) is 3.20.